The molecule has 0 radical (unpaired) electrons. The van der Waals surface area contributed by atoms with Crippen molar-refractivity contribution in [2.45, 2.75) is 25.9 Å². The van der Waals surface area contributed by atoms with Crippen LogP contribution in [-0.4, -0.2) is 33.7 Å². The van der Waals surface area contributed by atoms with E-state index in [9.17, 15) is 18.0 Å². The van der Waals surface area contributed by atoms with Crippen LogP contribution < -0.4 is 0 Å². The van der Waals surface area contributed by atoms with E-state index in [0.29, 0.717) is 13.1 Å². The molecular weight excluding hydrogens is 295 g/mol. The Morgan fingerprint density at radius 2 is 2.10 bits per heavy atom. The number of piperidine rings is 1. The third kappa shape index (κ3) is 2.77. The largest absolute Gasteiger partial charge is 0.421 e. The van der Waals surface area contributed by atoms with Gasteiger partial charge in [-0.05, 0) is 18.8 Å². The maximum absolute atomic E-state index is 13.0. The number of nitrogens with zero attached hydrogens (tertiary/aromatic N) is 3. The molecule has 1 aliphatic heterocycles. The monoisotopic (exact) mass is 309 g/mol. The minimum absolute atomic E-state index is 0.279. The van der Waals surface area contributed by atoms with Gasteiger partial charge in [0.15, 0.2) is 5.69 Å². The highest BCUT2D eigenvalue weighted by Crippen LogP contribution is 2.37. The minimum Gasteiger partial charge on any atom is -0.337 e. The smallest absolute Gasteiger partial charge is 0.337 e. The van der Waals surface area contributed by atoms with Gasteiger partial charge in [-0.2, -0.15) is 18.3 Å². The zero-order valence-electron chi connectivity index (χ0n) is 11.2. The quantitative estimate of drug-likeness (QED) is 0.800. The molecule has 0 aliphatic carbocycles. The van der Waals surface area contributed by atoms with Gasteiger partial charge in [0.05, 0.1) is 0 Å². The van der Waals surface area contributed by atoms with Crippen molar-refractivity contribution >= 4 is 17.5 Å². The zero-order chi connectivity index (χ0) is 15.1. The number of carbonyl (C=O) groups excluding carboxylic acids is 1. The predicted molar refractivity (Wildman–Crippen MR) is 67.5 cm³/mol. The molecule has 0 aromatic carbocycles. The summed E-state index contributed by atoms with van der Waals surface area (Å²) < 4.78 is 39.9. The van der Waals surface area contributed by atoms with E-state index in [2.05, 4.69) is 5.10 Å². The maximum atomic E-state index is 13.0. The van der Waals surface area contributed by atoms with Crippen LogP contribution >= 0.6 is 11.6 Å². The Kier molecular flexibility index (Phi) is 4.00. The van der Waals surface area contributed by atoms with Crippen molar-refractivity contribution in [3.63, 3.8) is 0 Å². The summed E-state index contributed by atoms with van der Waals surface area (Å²) in [5.74, 6) is -0.424. The zero-order valence-corrected chi connectivity index (χ0v) is 11.9. The number of hydrogen-bond acceptors (Lipinski definition) is 2. The Bertz CT molecular complexity index is 527. The Morgan fingerprint density at radius 1 is 1.45 bits per heavy atom. The second kappa shape index (κ2) is 5.27. The van der Waals surface area contributed by atoms with Gasteiger partial charge in [-0.25, -0.2) is 0 Å². The van der Waals surface area contributed by atoms with Crippen molar-refractivity contribution in [3.05, 3.63) is 16.4 Å². The van der Waals surface area contributed by atoms with Crippen LogP contribution in [0.25, 0.3) is 0 Å². The van der Waals surface area contributed by atoms with E-state index in [-0.39, 0.29) is 5.92 Å². The van der Waals surface area contributed by atoms with Crippen molar-refractivity contribution in [2.24, 2.45) is 13.0 Å². The Balaban J connectivity index is 2.37. The number of carbonyl (C=O) groups is 1. The summed E-state index contributed by atoms with van der Waals surface area (Å²) in [6.07, 6.45) is -2.94. The van der Waals surface area contributed by atoms with Gasteiger partial charge < -0.3 is 4.90 Å². The van der Waals surface area contributed by atoms with Crippen LogP contribution in [0.15, 0.2) is 0 Å². The molecule has 1 fully saturated rings. The molecule has 1 unspecified atom stereocenters. The second-order valence-corrected chi connectivity index (χ2v) is 5.49. The first-order chi connectivity index (χ1) is 9.21. The number of amides is 1. The summed E-state index contributed by atoms with van der Waals surface area (Å²) in [5.41, 5.74) is -1.76. The lowest BCUT2D eigenvalue weighted by atomic mass is 10.00. The average molecular weight is 310 g/mol. The molecule has 1 saturated heterocycles. The van der Waals surface area contributed by atoms with Gasteiger partial charge in [0, 0.05) is 20.1 Å². The van der Waals surface area contributed by atoms with E-state index < -0.39 is 28.5 Å². The lowest BCUT2D eigenvalue weighted by Gasteiger charge is -2.30. The Labute approximate surface area is 119 Å². The van der Waals surface area contributed by atoms with Gasteiger partial charge in [0.1, 0.15) is 10.7 Å². The second-order valence-electron chi connectivity index (χ2n) is 5.13. The number of hydrogen-bond donors (Lipinski definition) is 0. The molecule has 1 aromatic heterocycles. The van der Waals surface area contributed by atoms with Crippen LogP contribution in [0.3, 0.4) is 0 Å². The van der Waals surface area contributed by atoms with Gasteiger partial charge in [0.2, 0.25) is 0 Å². The van der Waals surface area contributed by atoms with Crippen molar-refractivity contribution < 1.29 is 18.0 Å². The van der Waals surface area contributed by atoms with Crippen molar-refractivity contribution in [3.8, 4) is 0 Å². The van der Waals surface area contributed by atoms with Crippen LogP contribution in [0.4, 0.5) is 13.2 Å². The summed E-state index contributed by atoms with van der Waals surface area (Å²) in [6, 6.07) is 0. The molecule has 1 aromatic rings. The molecule has 0 saturated carbocycles. The molecule has 0 bridgehead atoms. The van der Waals surface area contributed by atoms with E-state index in [1.165, 1.54) is 11.9 Å². The van der Waals surface area contributed by atoms with E-state index in [1.807, 2.05) is 6.92 Å². The van der Waals surface area contributed by atoms with Crippen LogP contribution in [0.5, 0.6) is 0 Å². The highest BCUT2D eigenvalue weighted by molar-refractivity contribution is 6.31. The van der Waals surface area contributed by atoms with Crippen molar-refractivity contribution in [2.75, 3.05) is 13.1 Å². The number of aryl methyl sites for hydroxylation is 1. The average Bonchev–Trinajstić information content (AvgIpc) is 2.64. The first-order valence-corrected chi connectivity index (χ1v) is 6.68. The Morgan fingerprint density at radius 3 is 2.65 bits per heavy atom. The summed E-state index contributed by atoms with van der Waals surface area (Å²) in [4.78, 5) is 13.7. The highest BCUT2D eigenvalue weighted by atomic mass is 35.5. The molecule has 1 atom stereocenters. The molecule has 1 amide bonds. The van der Waals surface area contributed by atoms with Crippen molar-refractivity contribution in [1.29, 1.82) is 0 Å². The van der Waals surface area contributed by atoms with E-state index in [1.54, 1.807) is 0 Å². The highest BCUT2D eigenvalue weighted by Gasteiger charge is 2.42. The molecule has 112 valence electrons. The summed E-state index contributed by atoms with van der Waals surface area (Å²) in [5, 5.41) is 3.09. The fraction of sp³-hybridized carbons (Fsp3) is 0.667. The van der Waals surface area contributed by atoms with Crippen LogP contribution in [0.2, 0.25) is 5.15 Å². The van der Waals surface area contributed by atoms with E-state index in [0.717, 1.165) is 17.5 Å². The fourth-order valence-electron chi connectivity index (χ4n) is 2.43. The molecule has 20 heavy (non-hydrogen) atoms. The molecule has 0 spiro atoms. The van der Waals surface area contributed by atoms with Crippen molar-refractivity contribution in [1.82, 2.24) is 14.7 Å². The van der Waals surface area contributed by atoms with Crippen LogP contribution in [0.1, 0.15) is 35.8 Å². The molecule has 2 heterocycles. The third-order valence-electron chi connectivity index (χ3n) is 3.41. The summed E-state index contributed by atoms with van der Waals surface area (Å²) >= 11 is 5.62. The third-order valence-corrected chi connectivity index (χ3v) is 3.84. The topological polar surface area (TPSA) is 38.1 Å². The summed E-state index contributed by atoms with van der Waals surface area (Å²) in [6.45, 7) is 2.87. The van der Waals surface area contributed by atoms with Crippen LogP contribution in [-0.2, 0) is 13.2 Å². The number of likely N-dealkylation sites (tertiary alicyclic amines) is 1. The molecule has 0 N–H and O–H groups in total. The predicted octanol–water partition coefficient (Wildman–Crippen LogP) is 2.96. The van der Waals surface area contributed by atoms with Gasteiger partial charge in [-0.1, -0.05) is 18.5 Å². The van der Waals surface area contributed by atoms with Gasteiger partial charge in [-0.15, -0.1) is 0 Å². The number of rotatable bonds is 1. The molecule has 2 rings (SSSR count). The van der Waals surface area contributed by atoms with Gasteiger partial charge in [-0.3, -0.25) is 9.48 Å². The number of halogens is 4. The van der Waals surface area contributed by atoms with Gasteiger partial charge >= 0.3 is 6.18 Å². The first-order valence-electron chi connectivity index (χ1n) is 6.30. The number of alkyl halides is 3. The lowest BCUT2D eigenvalue weighted by Crippen LogP contribution is -2.40. The SMILES string of the molecule is CC1CCCN(C(=O)c2nn(C)c(Cl)c2C(F)(F)F)C1. The maximum Gasteiger partial charge on any atom is 0.421 e. The molecule has 1 aliphatic rings. The fourth-order valence-corrected chi connectivity index (χ4v) is 2.66. The lowest BCUT2D eigenvalue weighted by molar-refractivity contribution is -0.138. The van der Waals surface area contributed by atoms with Crippen LogP contribution in [0, 0.1) is 5.92 Å². The summed E-state index contributed by atoms with van der Waals surface area (Å²) in [7, 11) is 1.28. The molecular formula is C12H15ClF3N3O. The molecule has 4 nitrogen and oxygen atoms in total. The van der Waals surface area contributed by atoms with E-state index in [4.69, 9.17) is 11.6 Å². The minimum atomic E-state index is -4.70. The van der Waals surface area contributed by atoms with E-state index >= 15 is 0 Å². The number of aromatic nitrogens is 2. The Hall–Kier alpha value is -1.24. The first kappa shape index (κ1) is 15.2. The standard InChI is InChI=1S/C12H15ClF3N3O/c1-7-4-3-5-19(6-7)11(20)9-8(12(14,15)16)10(13)18(2)17-9/h7H,3-6H2,1-2H3. The van der Waals surface area contributed by atoms with Gasteiger partial charge in [0.25, 0.3) is 5.91 Å². The molecule has 8 heteroatoms. The normalized spacial score (nSPS) is 20.3.